The number of benzene rings is 2. The van der Waals surface area contributed by atoms with Gasteiger partial charge in [0.2, 0.25) is 0 Å². The van der Waals surface area contributed by atoms with Gasteiger partial charge >= 0.3 is 5.97 Å². The van der Waals surface area contributed by atoms with Crippen LogP contribution in [0.4, 0.5) is 5.69 Å². The van der Waals surface area contributed by atoms with Gasteiger partial charge in [0.1, 0.15) is 5.82 Å². The number of nitrogens with zero attached hydrogens (tertiary/aromatic N) is 3. The first kappa shape index (κ1) is 15.4. The smallest absolute Gasteiger partial charge is 0.356 e. The summed E-state index contributed by atoms with van der Waals surface area (Å²) < 4.78 is 1.57. The molecule has 7 heteroatoms. The van der Waals surface area contributed by atoms with E-state index in [4.69, 9.17) is 0 Å². The number of imidazole rings is 1. The van der Waals surface area contributed by atoms with Crippen molar-refractivity contribution in [3.8, 4) is 17.1 Å². The number of rotatable bonds is 4. The van der Waals surface area contributed by atoms with Crippen LogP contribution in [0.5, 0.6) is 0 Å². The van der Waals surface area contributed by atoms with Gasteiger partial charge in [0.05, 0.1) is 10.6 Å². The van der Waals surface area contributed by atoms with Crippen LogP contribution in [-0.4, -0.2) is 25.6 Å². The molecule has 0 atom stereocenters. The molecule has 0 spiro atoms. The maximum absolute atomic E-state index is 11.3. The van der Waals surface area contributed by atoms with Crippen LogP contribution in [0.3, 0.4) is 0 Å². The Morgan fingerprint density at radius 2 is 1.92 bits per heavy atom. The van der Waals surface area contributed by atoms with E-state index in [0.717, 1.165) is 11.1 Å². The first-order valence-electron chi connectivity index (χ1n) is 7.11. The van der Waals surface area contributed by atoms with Gasteiger partial charge in [-0.1, -0.05) is 36.4 Å². The average Bonchev–Trinajstić information content (AvgIpc) is 3.01. The van der Waals surface area contributed by atoms with Gasteiger partial charge in [-0.25, -0.2) is 9.78 Å². The van der Waals surface area contributed by atoms with Crippen LogP contribution >= 0.6 is 0 Å². The highest BCUT2D eigenvalue weighted by molar-refractivity contribution is 5.86. The summed E-state index contributed by atoms with van der Waals surface area (Å²) in [7, 11) is 0. The van der Waals surface area contributed by atoms with Gasteiger partial charge in [-0.2, -0.15) is 0 Å². The molecule has 1 heterocycles. The highest BCUT2D eigenvalue weighted by Gasteiger charge is 2.18. The summed E-state index contributed by atoms with van der Waals surface area (Å²) in [4.78, 5) is 26.0. The molecule has 7 nitrogen and oxygen atoms in total. The predicted molar refractivity (Wildman–Crippen MR) is 87.4 cm³/mol. The van der Waals surface area contributed by atoms with Crippen molar-refractivity contribution in [2.24, 2.45) is 0 Å². The molecule has 0 aliphatic heterocycles. The molecule has 2 aromatic carbocycles. The normalized spacial score (nSPS) is 10.5. The molecule has 0 saturated heterocycles. The number of aromatic nitrogens is 2. The summed E-state index contributed by atoms with van der Waals surface area (Å²) in [6, 6.07) is 13.5. The average molecular weight is 323 g/mol. The number of nitro benzene ring substituents is 1. The third-order valence-electron chi connectivity index (χ3n) is 3.62. The number of non-ortho nitro benzene ring substituents is 1. The summed E-state index contributed by atoms with van der Waals surface area (Å²) in [6.07, 6.45) is 1.37. The standard InChI is InChI=1S/C17H13N3O4/c1-11-7-8-13(20(23)24)9-15(11)19-10-14(17(21)22)18-16(19)12-5-3-2-4-6-12/h2-10H,1H3,(H,21,22). The van der Waals surface area contributed by atoms with E-state index in [0.29, 0.717) is 11.5 Å². The number of aryl methyl sites for hydroxylation is 1. The van der Waals surface area contributed by atoms with E-state index in [1.807, 2.05) is 18.2 Å². The lowest BCUT2D eigenvalue weighted by atomic mass is 10.1. The van der Waals surface area contributed by atoms with Crippen LogP contribution in [0.15, 0.2) is 54.7 Å². The van der Waals surface area contributed by atoms with Crippen molar-refractivity contribution in [2.75, 3.05) is 0 Å². The SMILES string of the molecule is Cc1ccc([N+](=O)[O-])cc1-n1cc(C(=O)O)nc1-c1ccccc1. The van der Waals surface area contributed by atoms with Crippen LogP contribution in [0.1, 0.15) is 16.1 Å². The van der Waals surface area contributed by atoms with E-state index in [1.54, 1.807) is 29.7 Å². The fourth-order valence-electron chi connectivity index (χ4n) is 2.43. The summed E-state index contributed by atoms with van der Waals surface area (Å²) in [6.45, 7) is 1.80. The molecule has 24 heavy (non-hydrogen) atoms. The van der Waals surface area contributed by atoms with Crippen LogP contribution in [0.2, 0.25) is 0 Å². The number of carboxylic acid groups (broad SMARTS) is 1. The third-order valence-corrected chi connectivity index (χ3v) is 3.62. The number of carbonyl (C=O) groups is 1. The van der Waals surface area contributed by atoms with Gasteiger partial charge in [-0.05, 0) is 12.5 Å². The number of nitro groups is 1. The number of aromatic carboxylic acids is 1. The largest absolute Gasteiger partial charge is 0.476 e. The zero-order chi connectivity index (χ0) is 17.3. The van der Waals surface area contributed by atoms with E-state index >= 15 is 0 Å². The first-order valence-corrected chi connectivity index (χ1v) is 7.11. The molecule has 0 amide bonds. The zero-order valence-corrected chi connectivity index (χ0v) is 12.7. The molecular weight excluding hydrogens is 310 g/mol. The van der Waals surface area contributed by atoms with Crippen molar-refractivity contribution in [1.82, 2.24) is 9.55 Å². The second-order valence-electron chi connectivity index (χ2n) is 5.22. The van der Waals surface area contributed by atoms with Crippen LogP contribution < -0.4 is 0 Å². The fourth-order valence-corrected chi connectivity index (χ4v) is 2.43. The third kappa shape index (κ3) is 2.74. The Hall–Kier alpha value is -3.48. The van der Waals surface area contributed by atoms with Gasteiger partial charge in [-0.3, -0.25) is 14.7 Å². The number of carboxylic acids is 1. The summed E-state index contributed by atoms with van der Waals surface area (Å²) in [5.41, 5.74) is 1.81. The molecule has 3 rings (SSSR count). The molecule has 0 radical (unpaired) electrons. The van der Waals surface area contributed by atoms with Gasteiger partial charge in [0.25, 0.3) is 5.69 Å². The van der Waals surface area contributed by atoms with Crippen molar-refractivity contribution >= 4 is 11.7 Å². The molecular formula is C17H13N3O4. The number of hydrogen-bond donors (Lipinski definition) is 1. The summed E-state index contributed by atoms with van der Waals surface area (Å²) in [5.74, 6) is -0.745. The van der Waals surface area contributed by atoms with Crippen molar-refractivity contribution in [3.05, 3.63) is 76.1 Å². The highest BCUT2D eigenvalue weighted by Crippen LogP contribution is 2.27. The molecule has 3 aromatic rings. The van der Waals surface area contributed by atoms with E-state index in [2.05, 4.69) is 4.98 Å². The van der Waals surface area contributed by atoms with E-state index in [9.17, 15) is 20.0 Å². The first-order chi connectivity index (χ1) is 11.5. The molecule has 0 saturated carbocycles. The van der Waals surface area contributed by atoms with Gasteiger partial charge in [-0.15, -0.1) is 0 Å². The maximum atomic E-state index is 11.3. The minimum absolute atomic E-state index is 0.0693. The summed E-state index contributed by atoms with van der Waals surface area (Å²) >= 11 is 0. The van der Waals surface area contributed by atoms with Gasteiger partial charge in [0.15, 0.2) is 5.69 Å². The Morgan fingerprint density at radius 3 is 2.54 bits per heavy atom. The second-order valence-corrected chi connectivity index (χ2v) is 5.22. The quantitative estimate of drug-likeness (QED) is 0.585. The molecule has 0 unspecified atom stereocenters. The van der Waals surface area contributed by atoms with Crippen LogP contribution in [0.25, 0.3) is 17.1 Å². The van der Waals surface area contributed by atoms with Crippen LogP contribution in [0, 0.1) is 17.0 Å². The fraction of sp³-hybridized carbons (Fsp3) is 0.0588. The van der Waals surface area contributed by atoms with E-state index < -0.39 is 10.9 Å². The molecule has 1 N–H and O–H groups in total. The zero-order valence-electron chi connectivity index (χ0n) is 12.7. The second kappa shape index (κ2) is 5.96. The molecule has 1 aromatic heterocycles. The molecule has 0 fully saturated rings. The Balaban J connectivity index is 2.26. The predicted octanol–water partition coefficient (Wildman–Crippen LogP) is 3.45. The molecule has 0 aliphatic rings. The van der Waals surface area contributed by atoms with E-state index in [1.165, 1.54) is 18.3 Å². The Labute approximate surface area is 137 Å². The lowest BCUT2D eigenvalue weighted by Gasteiger charge is -2.10. The highest BCUT2D eigenvalue weighted by atomic mass is 16.6. The molecule has 0 aliphatic carbocycles. The topological polar surface area (TPSA) is 98.3 Å². The minimum Gasteiger partial charge on any atom is -0.476 e. The van der Waals surface area contributed by atoms with Gasteiger partial charge in [0, 0.05) is 23.9 Å². The maximum Gasteiger partial charge on any atom is 0.356 e. The van der Waals surface area contributed by atoms with E-state index in [-0.39, 0.29) is 11.4 Å². The monoisotopic (exact) mass is 323 g/mol. The Kier molecular flexibility index (Phi) is 3.83. The Morgan fingerprint density at radius 1 is 1.21 bits per heavy atom. The number of hydrogen-bond acceptors (Lipinski definition) is 4. The Bertz CT molecular complexity index is 932. The summed E-state index contributed by atoms with van der Waals surface area (Å²) in [5, 5.41) is 20.3. The lowest BCUT2D eigenvalue weighted by Crippen LogP contribution is -2.00. The van der Waals surface area contributed by atoms with Crippen molar-refractivity contribution in [2.45, 2.75) is 6.92 Å². The van der Waals surface area contributed by atoms with Crippen molar-refractivity contribution in [1.29, 1.82) is 0 Å². The minimum atomic E-state index is -1.16. The lowest BCUT2D eigenvalue weighted by molar-refractivity contribution is -0.384. The van der Waals surface area contributed by atoms with Crippen molar-refractivity contribution < 1.29 is 14.8 Å². The molecule has 0 bridgehead atoms. The van der Waals surface area contributed by atoms with Gasteiger partial charge < -0.3 is 5.11 Å². The van der Waals surface area contributed by atoms with Crippen molar-refractivity contribution in [3.63, 3.8) is 0 Å². The van der Waals surface area contributed by atoms with Crippen LogP contribution in [-0.2, 0) is 0 Å². The molecule has 120 valence electrons.